The Bertz CT molecular complexity index is 353. The lowest BCUT2D eigenvalue weighted by Gasteiger charge is -2.34. The van der Waals surface area contributed by atoms with Gasteiger partial charge in [-0.05, 0) is 20.3 Å². The Hall–Kier alpha value is -1.79. The second kappa shape index (κ2) is 5.70. The van der Waals surface area contributed by atoms with E-state index in [-0.39, 0.29) is 25.6 Å². The standard InChI is InChI=1S/C11H17NO6/c1-6(2)18-11(17)12-4-3-7(9(13)14)8(5-12)10(15)16/h6-8H,3-5H2,1-2H3,(H,13,14)(H,15,16). The third kappa shape index (κ3) is 3.35. The highest BCUT2D eigenvalue weighted by Crippen LogP contribution is 2.25. The van der Waals surface area contributed by atoms with Crippen LogP contribution in [0.3, 0.4) is 0 Å². The van der Waals surface area contributed by atoms with E-state index in [1.807, 2.05) is 0 Å². The SMILES string of the molecule is CC(C)OC(=O)N1CCC(C(=O)O)C(C(=O)O)C1. The molecule has 0 aliphatic carbocycles. The molecule has 0 radical (unpaired) electrons. The number of hydrogen-bond acceptors (Lipinski definition) is 4. The van der Waals surface area contributed by atoms with Crippen LogP contribution in [0.2, 0.25) is 0 Å². The zero-order valence-corrected chi connectivity index (χ0v) is 10.3. The summed E-state index contributed by atoms with van der Waals surface area (Å²) in [6, 6.07) is 0. The highest BCUT2D eigenvalue weighted by Gasteiger charge is 2.40. The van der Waals surface area contributed by atoms with Crippen LogP contribution in [0.5, 0.6) is 0 Å². The van der Waals surface area contributed by atoms with E-state index in [1.165, 1.54) is 4.90 Å². The number of carbonyl (C=O) groups is 3. The maximum absolute atomic E-state index is 11.6. The Morgan fingerprint density at radius 1 is 1.17 bits per heavy atom. The Morgan fingerprint density at radius 2 is 1.72 bits per heavy atom. The number of carboxylic acid groups (broad SMARTS) is 2. The third-order valence-corrected chi connectivity index (χ3v) is 2.84. The predicted octanol–water partition coefficient (Wildman–Crippen LogP) is 0.639. The highest BCUT2D eigenvalue weighted by molar-refractivity contribution is 5.81. The lowest BCUT2D eigenvalue weighted by molar-refractivity contribution is -0.156. The summed E-state index contributed by atoms with van der Waals surface area (Å²) in [6.45, 7) is 3.46. The van der Waals surface area contributed by atoms with Gasteiger partial charge >= 0.3 is 18.0 Å². The number of likely N-dealkylation sites (tertiary alicyclic amines) is 1. The Balaban J connectivity index is 2.71. The maximum atomic E-state index is 11.6. The maximum Gasteiger partial charge on any atom is 0.410 e. The zero-order chi connectivity index (χ0) is 13.9. The number of hydrogen-bond donors (Lipinski definition) is 2. The van der Waals surface area contributed by atoms with Crippen molar-refractivity contribution in [2.45, 2.75) is 26.4 Å². The molecule has 0 bridgehead atoms. The van der Waals surface area contributed by atoms with E-state index in [0.717, 1.165) is 0 Å². The fourth-order valence-corrected chi connectivity index (χ4v) is 1.94. The lowest BCUT2D eigenvalue weighted by atomic mass is 9.86. The predicted molar refractivity (Wildman–Crippen MR) is 60.1 cm³/mol. The van der Waals surface area contributed by atoms with Crippen LogP contribution in [-0.2, 0) is 14.3 Å². The normalized spacial score (nSPS) is 23.8. The van der Waals surface area contributed by atoms with Crippen molar-refractivity contribution in [2.75, 3.05) is 13.1 Å². The summed E-state index contributed by atoms with van der Waals surface area (Å²) < 4.78 is 4.96. The number of carboxylic acids is 2. The van der Waals surface area contributed by atoms with Gasteiger partial charge in [-0.1, -0.05) is 0 Å². The van der Waals surface area contributed by atoms with Gasteiger partial charge in [0.2, 0.25) is 0 Å². The molecule has 18 heavy (non-hydrogen) atoms. The summed E-state index contributed by atoms with van der Waals surface area (Å²) in [5.74, 6) is -4.38. The second-order valence-corrected chi connectivity index (χ2v) is 4.56. The number of nitrogens with zero attached hydrogens (tertiary/aromatic N) is 1. The van der Waals surface area contributed by atoms with Crippen molar-refractivity contribution >= 4 is 18.0 Å². The molecule has 1 heterocycles. The van der Waals surface area contributed by atoms with E-state index in [9.17, 15) is 14.4 Å². The minimum Gasteiger partial charge on any atom is -0.481 e. The highest BCUT2D eigenvalue weighted by atomic mass is 16.6. The van der Waals surface area contributed by atoms with Gasteiger partial charge in [0.15, 0.2) is 0 Å². The van der Waals surface area contributed by atoms with Crippen LogP contribution in [0.15, 0.2) is 0 Å². The number of aliphatic carboxylic acids is 2. The van der Waals surface area contributed by atoms with E-state index < -0.39 is 29.9 Å². The molecular formula is C11H17NO6. The largest absolute Gasteiger partial charge is 0.481 e. The molecule has 7 nitrogen and oxygen atoms in total. The van der Waals surface area contributed by atoms with E-state index >= 15 is 0 Å². The molecule has 0 aromatic rings. The molecule has 1 aliphatic rings. The first-order chi connectivity index (χ1) is 8.32. The van der Waals surface area contributed by atoms with Crippen LogP contribution in [-0.4, -0.2) is 52.3 Å². The van der Waals surface area contributed by atoms with E-state index in [2.05, 4.69) is 0 Å². The van der Waals surface area contributed by atoms with Gasteiger partial charge in [-0.15, -0.1) is 0 Å². The lowest BCUT2D eigenvalue weighted by Crippen LogP contribution is -2.49. The second-order valence-electron chi connectivity index (χ2n) is 4.56. The number of amides is 1. The van der Waals surface area contributed by atoms with Crippen LogP contribution < -0.4 is 0 Å². The van der Waals surface area contributed by atoms with Crippen LogP contribution in [0.4, 0.5) is 4.79 Å². The average Bonchev–Trinajstić information content (AvgIpc) is 2.26. The quantitative estimate of drug-likeness (QED) is 0.770. The molecular weight excluding hydrogens is 242 g/mol. The fourth-order valence-electron chi connectivity index (χ4n) is 1.94. The smallest absolute Gasteiger partial charge is 0.410 e. The van der Waals surface area contributed by atoms with E-state index in [4.69, 9.17) is 14.9 Å². The monoisotopic (exact) mass is 259 g/mol. The van der Waals surface area contributed by atoms with Crippen molar-refractivity contribution < 1.29 is 29.3 Å². The van der Waals surface area contributed by atoms with Gasteiger partial charge < -0.3 is 19.8 Å². The van der Waals surface area contributed by atoms with E-state index in [0.29, 0.717) is 0 Å². The van der Waals surface area contributed by atoms with E-state index in [1.54, 1.807) is 13.8 Å². The summed E-state index contributed by atoms with van der Waals surface area (Å²) in [7, 11) is 0. The summed E-state index contributed by atoms with van der Waals surface area (Å²) in [6.07, 6.45) is -0.766. The zero-order valence-electron chi connectivity index (χ0n) is 10.3. The van der Waals surface area contributed by atoms with Crippen molar-refractivity contribution in [1.29, 1.82) is 0 Å². The molecule has 1 amide bonds. The number of carbonyl (C=O) groups excluding carboxylic acids is 1. The molecule has 1 fully saturated rings. The van der Waals surface area contributed by atoms with Gasteiger partial charge in [0.25, 0.3) is 0 Å². The molecule has 0 aromatic carbocycles. The van der Waals surface area contributed by atoms with Crippen LogP contribution >= 0.6 is 0 Å². The summed E-state index contributed by atoms with van der Waals surface area (Å²) in [5, 5.41) is 17.9. The van der Waals surface area contributed by atoms with Crippen molar-refractivity contribution in [3.63, 3.8) is 0 Å². The minimum atomic E-state index is -1.20. The third-order valence-electron chi connectivity index (χ3n) is 2.84. The van der Waals surface area contributed by atoms with Gasteiger partial charge in [0.05, 0.1) is 17.9 Å². The Morgan fingerprint density at radius 3 is 2.17 bits per heavy atom. The van der Waals surface area contributed by atoms with Gasteiger partial charge in [0.1, 0.15) is 0 Å². The molecule has 7 heteroatoms. The average molecular weight is 259 g/mol. The van der Waals surface area contributed by atoms with Crippen molar-refractivity contribution in [2.24, 2.45) is 11.8 Å². The van der Waals surface area contributed by atoms with Gasteiger partial charge in [-0.3, -0.25) is 9.59 Å². The molecule has 0 saturated carbocycles. The molecule has 1 aliphatic heterocycles. The van der Waals surface area contributed by atoms with Gasteiger partial charge in [-0.25, -0.2) is 4.79 Å². The summed E-state index contributed by atoms with van der Waals surface area (Å²) in [5.41, 5.74) is 0. The molecule has 2 atom stereocenters. The van der Waals surface area contributed by atoms with Crippen molar-refractivity contribution in [1.82, 2.24) is 4.90 Å². The van der Waals surface area contributed by atoms with Gasteiger partial charge in [0, 0.05) is 13.1 Å². The van der Waals surface area contributed by atoms with Crippen LogP contribution in [0.1, 0.15) is 20.3 Å². The van der Waals surface area contributed by atoms with Gasteiger partial charge in [-0.2, -0.15) is 0 Å². The van der Waals surface area contributed by atoms with Crippen molar-refractivity contribution in [3.05, 3.63) is 0 Å². The van der Waals surface area contributed by atoms with Crippen LogP contribution in [0, 0.1) is 11.8 Å². The molecule has 102 valence electrons. The molecule has 0 spiro atoms. The first-order valence-electron chi connectivity index (χ1n) is 5.74. The van der Waals surface area contributed by atoms with Crippen LogP contribution in [0.25, 0.3) is 0 Å². The molecule has 0 aromatic heterocycles. The molecule has 1 rings (SSSR count). The molecule has 2 unspecified atom stereocenters. The number of rotatable bonds is 3. The first kappa shape index (κ1) is 14.3. The topological polar surface area (TPSA) is 104 Å². The van der Waals surface area contributed by atoms with Crippen molar-refractivity contribution in [3.8, 4) is 0 Å². The first-order valence-corrected chi connectivity index (χ1v) is 5.74. The minimum absolute atomic E-state index is 0.124. The molecule has 2 N–H and O–H groups in total. The Kier molecular flexibility index (Phi) is 4.52. The Labute approximate surface area is 104 Å². The fraction of sp³-hybridized carbons (Fsp3) is 0.727. The summed E-state index contributed by atoms with van der Waals surface area (Å²) in [4.78, 5) is 34.8. The molecule has 1 saturated heterocycles. The summed E-state index contributed by atoms with van der Waals surface area (Å²) >= 11 is 0. The number of piperidine rings is 1. The number of ether oxygens (including phenoxy) is 1.